The predicted molar refractivity (Wildman–Crippen MR) is 127 cm³/mol. The maximum Gasteiger partial charge on any atom is 0.243 e. The fraction of sp³-hybridized carbons (Fsp3) is 0.304. The highest BCUT2D eigenvalue weighted by Gasteiger charge is 2.26. The van der Waals surface area contributed by atoms with E-state index in [0.29, 0.717) is 31.8 Å². The number of fused-ring (bicyclic) bond motifs is 1. The Labute approximate surface area is 192 Å². The minimum absolute atomic E-state index is 0.105. The highest BCUT2D eigenvalue weighted by Crippen LogP contribution is 2.27. The molecule has 3 aromatic rings. The second kappa shape index (κ2) is 9.58. The number of hydrogen-bond donors (Lipinski definition) is 1. The van der Waals surface area contributed by atoms with Gasteiger partial charge in [0, 0.05) is 24.2 Å². The lowest BCUT2D eigenvalue weighted by Gasteiger charge is -2.26. The third kappa shape index (κ3) is 5.12. The molecule has 0 unspecified atom stereocenters. The third-order valence-electron chi connectivity index (χ3n) is 5.22. The van der Waals surface area contributed by atoms with Crippen molar-refractivity contribution in [3.05, 3.63) is 59.7 Å². The molecule has 9 heteroatoms. The van der Waals surface area contributed by atoms with E-state index in [2.05, 4.69) is 10.3 Å². The number of benzene rings is 2. The number of ether oxygens (including phenoxy) is 1. The van der Waals surface area contributed by atoms with Crippen LogP contribution >= 0.6 is 11.8 Å². The molecule has 168 valence electrons. The monoisotopic (exact) mass is 471 g/mol. The minimum Gasteiger partial charge on any atom is -0.379 e. The molecule has 32 heavy (non-hydrogen) atoms. The van der Waals surface area contributed by atoms with E-state index in [0.717, 1.165) is 27.2 Å². The molecule has 1 aliphatic heterocycles. The highest BCUT2D eigenvalue weighted by molar-refractivity contribution is 7.99. The molecule has 4 rings (SSSR count). The highest BCUT2D eigenvalue weighted by atomic mass is 32.2. The summed E-state index contributed by atoms with van der Waals surface area (Å²) in [5.74, 6) is 0.127. The molecule has 1 aromatic heterocycles. The van der Waals surface area contributed by atoms with Crippen molar-refractivity contribution in [2.45, 2.75) is 23.8 Å². The summed E-state index contributed by atoms with van der Waals surface area (Å²) in [6.07, 6.45) is 0. The Bertz CT molecular complexity index is 1260. The molecule has 2 heterocycles. The van der Waals surface area contributed by atoms with Gasteiger partial charge in [-0.25, -0.2) is 13.4 Å². The molecule has 0 atom stereocenters. The Morgan fingerprint density at radius 2 is 1.91 bits per heavy atom. The van der Waals surface area contributed by atoms with Crippen LogP contribution in [0.2, 0.25) is 0 Å². The molecule has 0 spiro atoms. The van der Waals surface area contributed by atoms with Crippen LogP contribution in [0.1, 0.15) is 11.1 Å². The second-order valence-corrected chi connectivity index (χ2v) is 10.6. The summed E-state index contributed by atoms with van der Waals surface area (Å²) in [5.41, 5.74) is 3.47. The Hall–Kier alpha value is -2.46. The lowest BCUT2D eigenvalue weighted by atomic mass is 10.1. The zero-order valence-corrected chi connectivity index (χ0v) is 19.6. The van der Waals surface area contributed by atoms with Crippen molar-refractivity contribution in [1.82, 2.24) is 9.29 Å². The second-order valence-electron chi connectivity index (χ2n) is 7.68. The number of pyridine rings is 1. The molecular weight excluding hydrogens is 446 g/mol. The van der Waals surface area contributed by atoms with Gasteiger partial charge in [0.2, 0.25) is 15.9 Å². The van der Waals surface area contributed by atoms with Crippen LogP contribution in [0.15, 0.2) is 58.5 Å². The van der Waals surface area contributed by atoms with Gasteiger partial charge in [0.1, 0.15) is 0 Å². The topological polar surface area (TPSA) is 88.6 Å². The normalized spacial score (nSPS) is 15.1. The van der Waals surface area contributed by atoms with Crippen molar-refractivity contribution in [2.75, 3.05) is 37.4 Å². The van der Waals surface area contributed by atoms with Crippen LogP contribution in [-0.2, 0) is 19.6 Å². The van der Waals surface area contributed by atoms with E-state index in [1.54, 1.807) is 18.2 Å². The first-order valence-corrected chi connectivity index (χ1v) is 12.7. The molecule has 0 bridgehead atoms. The molecule has 1 aliphatic rings. The summed E-state index contributed by atoms with van der Waals surface area (Å²) in [4.78, 5) is 17.2. The molecule has 0 saturated carbocycles. The van der Waals surface area contributed by atoms with Gasteiger partial charge >= 0.3 is 0 Å². The fourth-order valence-corrected chi connectivity index (χ4v) is 5.78. The van der Waals surface area contributed by atoms with Gasteiger partial charge in [0.25, 0.3) is 0 Å². The quantitative estimate of drug-likeness (QED) is 0.553. The van der Waals surface area contributed by atoms with Gasteiger partial charge in [-0.15, -0.1) is 0 Å². The largest absolute Gasteiger partial charge is 0.379 e. The van der Waals surface area contributed by atoms with Crippen LogP contribution < -0.4 is 5.32 Å². The molecular formula is C23H25N3O4S2. The van der Waals surface area contributed by atoms with Crippen LogP contribution in [0, 0.1) is 13.8 Å². The van der Waals surface area contributed by atoms with E-state index < -0.39 is 10.0 Å². The van der Waals surface area contributed by atoms with Gasteiger partial charge in [0.05, 0.1) is 34.4 Å². The van der Waals surface area contributed by atoms with Gasteiger partial charge in [-0.3, -0.25) is 4.79 Å². The van der Waals surface area contributed by atoms with Crippen LogP contribution in [-0.4, -0.2) is 55.7 Å². The number of rotatable bonds is 6. The zero-order chi connectivity index (χ0) is 22.7. The minimum atomic E-state index is -3.57. The number of sulfonamides is 1. The van der Waals surface area contributed by atoms with Crippen LogP contribution in [0.5, 0.6) is 0 Å². The van der Waals surface area contributed by atoms with Crippen molar-refractivity contribution in [2.24, 2.45) is 0 Å². The molecule has 0 aliphatic carbocycles. The SMILES string of the molecule is Cc1cccc(NC(=O)CSc2cc(C)c3cc(S(=O)(=O)N4CCOCC4)ccc3n2)c1. The van der Waals surface area contributed by atoms with Crippen LogP contribution in [0.4, 0.5) is 5.69 Å². The summed E-state index contributed by atoms with van der Waals surface area (Å²) in [5, 5.41) is 4.40. The number of hydrogen-bond acceptors (Lipinski definition) is 6. The van der Waals surface area contributed by atoms with Gasteiger partial charge in [-0.1, -0.05) is 23.9 Å². The van der Waals surface area contributed by atoms with Gasteiger partial charge in [0.15, 0.2) is 0 Å². The summed E-state index contributed by atoms with van der Waals surface area (Å²) in [6, 6.07) is 14.5. The molecule has 1 fully saturated rings. The van der Waals surface area contributed by atoms with Crippen molar-refractivity contribution in [3.8, 4) is 0 Å². The molecule has 1 amide bonds. The number of morpholine rings is 1. The van der Waals surface area contributed by atoms with Gasteiger partial charge < -0.3 is 10.1 Å². The lowest BCUT2D eigenvalue weighted by molar-refractivity contribution is -0.113. The standard InChI is InChI=1S/C23H25N3O4S2/c1-16-4-3-5-18(12-16)24-22(27)15-31-23-13-17(2)20-14-19(6-7-21(20)25-23)32(28,29)26-8-10-30-11-9-26/h3-7,12-14H,8-11,15H2,1-2H3,(H,24,27). The summed E-state index contributed by atoms with van der Waals surface area (Å²) in [6.45, 7) is 5.43. The Kier molecular flexibility index (Phi) is 6.80. The van der Waals surface area contributed by atoms with E-state index >= 15 is 0 Å². The molecule has 0 radical (unpaired) electrons. The zero-order valence-electron chi connectivity index (χ0n) is 18.0. The van der Waals surface area contributed by atoms with E-state index in [-0.39, 0.29) is 16.6 Å². The average molecular weight is 472 g/mol. The maximum atomic E-state index is 13.0. The number of aryl methyl sites for hydroxylation is 2. The van der Waals surface area contributed by atoms with E-state index in [1.807, 2.05) is 44.2 Å². The fourth-order valence-electron chi connectivity index (χ4n) is 3.57. The summed E-state index contributed by atoms with van der Waals surface area (Å²) in [7, 11) is -3.57. The number of nitrogens with one attached hydrogen (secondary N) is 1. The van der Waals surface area contributed by atoms with E-state index in [4.69, 9.17) is 4.74 Å². The smallest absolute Gasteiger partial charge is 0.243 e. The summed E-state index contributed by atoms with van der Waals surface area (Å²) >= 11 is 1.35. The van der Waals surface area contributed by atoms with Crippen molar-refractivity contribution < 1.29 is 17.9 Å². The van der Waals surface area contributed by atoms with Gasteiger partial charge in [-0.2, -0.15) is 4.31 Å². The number of nitrogens with zero attached hydrogens (tertiary/aromatic N) is 2. The van der Waals surface area contributed by atoms with E-state index in [9.17, 15) is 13.2 Å². The lowest BCUT2D eigenvalue weighted by Crippen LogP contribution is -2.40. The number of amides is 1. The predicted octanol–water partition coefficient (Wildman–Crippen LogP) is 3.60. The Morgan fingerprint density at radius 1 is 1.12 bits per heavy atom. The number of anilines is 1. The maximum absolute atomic E-state index is 13.0. The molecule has 7 nitrogen and oxygen atoms in total. The number of carbonyl (C=O) groups is 1. The summed E-state index contributed by atoms with van der Waals surface area (Å²) < 4.78 is 32.6. The first kappa shape index (κ1) is 22.7. The van der Waals surface area contributed by atoms with Crippen LogP contribution in [0.25, 0.3) is 10.9 Å². The van der Waals surface area contributed by atoms with E-state index in [1.165, 1.54) is 16.1 Å². The molecule has 2 aromatic carbocycles. The Morgan fingerprint density at radius 3 is 2.66 bits per heavy atom. The molecule has 1 saturated heterocycles. The third-order valence-corrected chi connectivity index (χ3v) is 8.03. The number of aromatic nitrogens is 1. The molecule has 1 N–H and O–H groups in total. The van der Waals surface area contributed by atoms with Crippen LogP contribution in [0.3, 0.4) is 0 Å². The van der Waals surface area contributed by atoms with Crippen molar-refractivity contribution >= 4 is 44.3 Å². The Balaban J connectivity index is 1.49. The number of carbonyl (C=O) groups excluding carboxylic acids is 1. The number of thioether (sulfide) groups is 1. The van der Waals surface area contributed by atoms with Gasteiger partial charge in [-0.05, 0) is 61.4 Å². The first-order chi connectivity index (χ1) is 15.3. The van der Waals surface area contributed by atoms with Crippen molar-refractivity contribution in [3.63, 3.8) is 0 Å². The van der Waals surface area contributed by atoms with Crippen molar-refractivity contribution in [1.29, 1.82) is 0 Å². The average Bonchev–Trinajstić information content (AvgIpc) is 2.78. The first-order valence-electron chi connectivity index (χ1n) is 10.3.